The molecule has 0 aromatic carbocycles. The minimum atomic E-state index is -0.544. The van der Waals surface area contributed by atoms with Crippen LogP contribution in [0.15, 0.2) is 87.9 Å². The van der Waals surface area contributed by atoms with Gasteiger partial charge < -0.3 is 65.5 Å². The molecule has 4 aliphatic heterocycles. The fourth-order valence-electron chi connectivity index (χ4n) is 19.9. The number of nitrogens with two attached hydrogens (primary N) is 8. The Hall–Kier alpha value is -6.00. The SMILES string of the molecule is Cc1c(N2CCC3(CCC[C@@H]3N)CC2)nc(N)n(C2=C(Cl)C(Cl)=CCC2)c1=O.Cc1c(N2CCC3(CCC[C@@H]3N)CC2)nc(N)n(C2=CC=CC(Cl)[C@@H]2Cl)c1=O.Cc1c(N2CCC3(CCC[C@H]3N)CC2)nc(N)n(C2=C(Cl)C(Cl)=CCC2)c1=O.Cc1c(N2CCC3(CCC[C@H]3N)CC2)nc(N)n(C2=CC=CC(Cl)[C@@H]2Cl)c1=O. The Morgan fingerprint density at radius 3 is 0.857 bits per heavy atom. The van der Waals surface area contributed by atoms with Crippen LogP contribution in [0.25, 0.3) is 22.8 Å². The van der Waals surface area contributed by atoms with Crippen LogP contribution in [0.2, 0.25) is 0 Å². The lowest BCUT2D eigenvalue weighted by atomic mass is 9.74. The van der Waals surface area contributed by atoms with Crippen molar-refractivity contribution in [3.63, 3.8) is 0 Å². The van der Waals surface area contributed by atoms with Gasteiger partial charge in [0.25, 0.3) is 22.2 Å². The molecule has 8 fully saturated rings. The predicted molar refractivity (Wildman–Crippen MR) is 463 cm³/mol. The zero-order valence-electron chi connectivity index (χ0n) is 64.5. The number of nitrogens with zero attached hydrogens (tertiary/aromatic N) is 12. The van der Waals surface area contributed by atoms with E-state index < -0.39 is 21.5 Å². The fourth-order valence-corrected chi connectivity index (χ4v) is 21.8. The number of alkyl halides is 4. The van der Waals surface area contributed by atoms with E-state index >= 15 is 0 Å². The van der Waals surface area contributed by atoms with Gasteiger partial charge in [0.15, 0.2) is 0 Å². The first-order valence-electron chi connectivity index (χ1n) is 39.8. The summed E-state index contributed by atoms with van der Waals surface area (Å²) in [6.45, 7) is 14.0. The van der Waals surface area contributed by atoms with Gasteiger partial charge in [-0.25, -0.2) is 18.3 Å². The first-order valence-corrected chi connectivity index (χ1v) is 43.0. The van der Waals surface area contributed by atoms with Crippen LogP contribution in [0.1, 0.15) is 176 Å². The second kappa shape index (κ2) is 34.3. The van der Waals surface area contributed by atoms with Gasteiger partial charge in [-0.1, -0.05) is 109 Å². The van der Waals surface area contributed by atoms with Crippen LogP contribution in [-0.4, -0.2) is 136 Å². The molecule has 0 bridgehead atoms. The maximum atomic E-state index is 13.1. The maximum absolute atomic E-state index is 13.1. The van der Waals surface area contributed by atoms with Crippen molar-refractivity contribution in [3.8, 4) is 0 Å². The lowest BCUT2D eigenvalue weighted by molar-refractivity contribution is 0.197. The molecule has 4 spiro atoms. The zero-order valence-corrected chi connectivity index (χ0v) is 70.6. The Kier molecular flexibility index (Phi) is 25.7. The van der Waals surface area contributed by atoms with Gasteiger partial charge in [0, 0.05) is 99.3 Å². The molecule has 4 aromatic rings. The number of hydrogen-bond donors (Lipinski definition) is 8. The number of halogens is 8. The molecule has 4 saturated carbocycles. The molecule has 16 N–H and O–H groups in total. The number of aromatic nitrogens is 8. The summed E-state index contributed by atoms with van der Waals surface area (Å²) in [4.78, 5) is 79.7. The number of hydrogen-bond acceptors (Lipinski definition) is 20. The summed E-state index contributed by atoms with van der Waals surface area (Å²) in [5.41, 5.74) is 55.4. The normalized spacial score (nSPS) is 27.1. The van der Waals surface area contributed by atoms with E-state index in [9.17, 15) is 19.2 Å². The summed E-state index contributed by atoms with van der Waals surface area (Å²) in [7, 11) is 0. The Balaban J connectivity index is 0.000000131. The lowest BCUT2D eigenvalue weighted by Crippen LogP contribution is -2.47. The molecule has 608 valence electrons. The number of anilines is 8. The topological polar surface area (TPSA) is 361 Å². The maximum Gasteiger partial charge on any atom is 0.264 e. The van der Waals surface area contributed by atoms with Crippen molar-refractivity contribution < 1.29 is 0 Å². The lowest BCUT2D eigenvalue weighted by Gasteiger charge is -2.42. The van der Waals surface area contributed by atoms with Crippen molar-refractivity contribution in [2.45, 2.75) is 227 Å². The molecule has 0 radical (unpaired) electrons. The molecule has 4 saturated heterocycles. The average Bonchev–Trinajstić information content (AvgIpc) is 1.07. The highest BCUT2D eigenvalue weighted by Gasteiger charge is 2.48. The summed E-state index contributed by atoms with van der Waals surface area (Å²) in [5, 5.41) is -0.259. The van der Waals surface area contributed by atoms with Gasteiger partial charge in [-0.3, -0.25) is 19.2 Å². The predicted octanol–water partition coefficient (Wildman–Crippen LogP) is 12.8. The quantitative estimate of drug-likeness (QED) is 0.0760. The third-order valence-corrected chi connectivity index (χ3v) is 30.8. The minimum Gasteiger partial charge on any atom is -0.369 e. The molecule has 0 amide bonds. The second-order valence-electron chi connectivity index (χ2n) is 33.0. The number of allylic oxidation sites excluding steroid dienone is 16. The summed E-state index contributed by atoms with van der Waals surface area (Å²) in [5.74, 6) is 3.27. The summed E-state index contributed by atoms with van der Waals surface area (Å²) >= 11 is 50.3. The van der Waals surface area contributed by atoms with E-state index in [2.05, 4.69) is 39.5 Å². The van der Waals surface area contributed by atoms with Crippen molar-refractivity contribution >= 4 is 163 Å². The van der Waals surface area contributed by atoms with E-state index in [4.69, 9.17) is 139 Å². The minimum absolute atomic E-state index is 0.138. The van der Waals surface area contributed by atoms with E-state index in [0.29, 0.717) is 126 Å². The van der Waals surface area contributed by atoms with Crippen LogP contribution in [0.3, 0.4) is 0 Å². The van der Waals surface area contributed by atoms with Gasteiger partial charge in [-0.15, -0.1) is 46.4 Å². The molecule has 24 nitrogen and oxygen atoms in total. The molecule has 12 aliphatic rings. The Labute approximate surface area is 695 Å². The van der Waals surface area contributed by atoms with Crippen LogP contribution in [0, 0.1) is 49.4 Å². The Bertz CT molecular complexity index is 4480. The van der Waals surface area contributed by atoms with E-state index in [1.807, 2.05) is 12.2 Å². The first-order chi connectivity index (χ1) is 53.4. The summed E-state index contributed by atoms with van der Waals surface area (Å²) < 4.78 is 5.59. The smallest absolute Gasteiger partial charge is 0.264 e. The third-order valence-electron chi connectivity index (χ3n) is 27.0. The molecule has 8 atom stereocenters. The molecule has 112 heavy (non-hydrogen) atoms. The molecular formula is C80H108Cl8N20O4. The summed E-state index contributed by atoms with van der Waals surface area (Å²) in [6, 6.07) is 1.16. The van der Waals surface area contributed by atoms with Gasteiger partial charge >= 0.3 is 0 Å². The van der Waals surface area contributed by atoms with Crippen LogP contribution >= 0.6 is 92.8 Å². The van der Waals surface area contributed by atoms with Crippen molar-refractivity contribution in [1.29, 1.82) is 0 Å². The van der Waals surface area contributed by atoms with Crippen LogP contribution in [0.4, 0.5) is 47.1 Å². The molecule has 16 rings (SSSR count). The third kappa shape index (κ3) is 16.1. The van der Waals surface area contributed by atoms with Gasteiger partial charge in [0.2, 0.25) is 23.8 Å². The molecule has 2 unspecified atom stereocenters. The van der Waals surface area contributed by atoms with Gasteiger partial charge in [-0.2, -0.15) is 19.9 Å². The number of piperidine rings is 4. The van der Waals surface area contributed by atoms with Crippen molar-refractivity contribution in [3.05, 3.63) is 132 Å². The molecule has 8 heterocycles. The van der Waals surface area contributed by atoms with E-state index in [0.717, 1.165) is 129 Å². The summed E-state index contributed by atoms with van der Waals surface area (Å²) in [6.07, 6.45) is 39.4. The second-order valence-corrected chi connectivity index (χ2v) is 36.5. The van der Waals surface area contributed by atoms with Crippen LogP contribution < -0.4 is 87.7 Å². The number of nitrogen functional groups attached to an aromatic ring is 4. The largest absolute Gasteiger partial charge is 0.369 e. The van der Waals surface area contributed by atoms with Crippen LogP contribution in [-0.2, 0) is 0 Å². The van der Waals surface area contributed by atoms with Gasteiger partial charge in [0.1, 0.15) is 23.3 Å². The molecular weight excluding hydrogens is 1590 g/mol. The molecule has 4 aromatic heterocycles. The standard InChI is InChI=1S/4C20H27Cl2N5O/c4*1-12-17(26-10-8-20(9-11-26)7-3-6-15(20)23)25-19(24)27(18(12)28)14-5-2-4-13(21)16(14)22/h2*4,15H,2-3,5-11,23H2,1H3,(H2,24,25);2*2,4-5,13,15-16H,3,6-11,23H2,1H3,(H2,24,25)/t2*15-;13?,15-,16+;13?,15-,16-/m1010/s1. The van der Waals surface area contributed by atoms with E-state index in [1.54, 1.807) is 64.2 Å². The monoisotopic (exact) mass is 1690 g/mol. The van der Waals surface area contributed by atoms with Crippen molar-refractivity contribution in [2.75, 3.05) is 94.9 Å². The van der Waals surface area contributed by atoms with Gasteiger partial charge in [0.05, 0.1) is 63.9 Å². The Morgan fingerprint density at radius 1 is 0.375 bits per heavy atom. The van der Waals surface area contributed by atoms with E-state index in [1.165, 1.54) is 69.6 Å². The first kappa shape index (κ1) is 83.9. The van der Waals surface area contributed by atoms with Crippen LogP contribution in [0.5, 0.6) is 0 Å². The fraction of sp³-hybridized carbons (Fsp3) is 0.600. The van der Waals surface area contributed by atoms with Crippen molar-refractivity contribution in [1.82, 2.24) is 38.2 Å². The molecule has 8 aliphatic carbocycles. The van der Waals surface area contributed by atoms with E-state index in [-0.39, 0.29) is 79.8 Å². The number of rotatable bonds is 8. The highest BCUT2D eigenvalue weighted by molar-refractivity contribution is 6.46. The van der Waals surface area contributed by atoms with Crippen molar-refractivity contribution in [2.24, 2.45) is 44.6 Å². The Morgan fingerprint density at radius 2 is 0.616 bits per heavy atom. The highest BCUT2D eigenvalue weighted by Crippen LogP contribution is 2.51. The highest BCUT2D eigenvalue weighted by atomic mass is 35.5. The van der Waals surface area contributed by atoms with Gasteiger partial charge in [-0.05, 0) is 190 Å². The molecule has 32 heteroatoms. The zero-order chi connectivity index (χ0) is 80.2. The average molecular weight is 1700 g/mol.